The van der Waals surface area contributed by atoms with Gasteiger partial charge in [0.25, 0.3) is 0 Å². The molecule has 1 aliphatic rings. The van der Waals surface area contributed by atoms with E-state index in [-0.39, 0.29) is 5.54 Å². The standard InChI is InChI=1S/C8H17NO2/c1-10-6-8(7-11-2)4-3-5-9-8/h9H,3-7H2,1-2H3. The minimum absolute atomic E-state index is 0.101. The molecule has 0 aromatic heterocycles. The first-order chi connectivity index (χ1) is 5.33. The fourth-order valence-corrected chi connectivity index (χ4v) is 1.71. The summed E-state index contributed by atoms with van der Waals surface area (Å²) in [5.74, 6) is 0. The molecule has 0 atom stereocenters. The van der Waals surface area contributed by atoms with Gasteiger partial charge in [-0.3, -0.25) is 0 Å². The maximum Gasteiger partial charge on any atom is 0.0667 e. The van der Waals surface area contributed by atoms with Crippen molar-refractivity contribution in [2.45, 2.75) is 18.4 Å². The van der Waals surface area contributed by atoms with E-state index in [4.69, 9.17) is 9.47 Å². The van der Waals surface area contributed by atoms with Crippen LogP contribution in [0.4, 0.5) is 0 Å². The van der Waals surface area contributed by atoms with Crippen LogP contribution in [0.1, 0.15) is 12.8 Å². The Labute approximate surface area is 68.1 Å². The molecule has 0 amide bonds. The topological polar surface area (TPSA) is 30.5 Å². The summed E-state index contributed by atoms with van der Waals surface area (Å²) in [7, 11) is 3.47. The lowest BCUT2D eigenvalue weighted by Gasteiger charge is -2.27. The third kappa shape index (κ3) is 2.15. The summed E-state index contributed by atoms with van der Waals surface area (Å²) in [5, 5.41) is 3.42. The van der Waals surface area contributed by atoms with Gasteiger partial charge in [-0.15, -0.1) is 0 Å². The quantitative estimate of drug-likeness (QED) is 0.644. The van der Waals surface area contributed by atoms with E-state index >= 15 is 0 Å². The zero-order valence-corrected chi connectivity index (χ0v) is 7.35. The third-order valence-corrected chi connectivity index (χ3v) is 2.17. The minimum atomic E-state index is 0.101. The summed E-state index contributed by atoms with van der Waals surface area (Å²) < 4.78 is 10.3. The number of nitrogens with one attached hydrogen (secondary N) is 1. The van der Waals surface area contributed by atoms with Crippen LogP contribution in [-0.2, 0) is 9.47 Å². The Morgan fingerprint density at radius 1 is 1.27 bits per heavy atom. The molecule has 0 radical (unpaired) electrons. The Balaban J connectivity index is 2.40. The minimum Gasteiger partial charge on any atom is -0.383 e. The van der Waals surface area contributed by atoms with Gasteiger partial charge in [-0.05, 0) is 19.4 Å². The van der Waals surface area contributed by atoms with Gasteiger partial charge in [0.15, 0.2) is 0 Å². The summed E-state index contributed by atoms with van der Waals surface area (Å²) >= 11 is 0. The van der Waals surface area contributed by atoms with Crippen LogP contribution >= 0.6 is 0 Å². The fourth-order valence-electron chi connectivity index (χ4n) is 1.71. The van der Waals surface area contributed by atoms with E-state index in [0.717, 1.165) is 26.2 Å². The number of hydrogen-bond donors (Lipinski definition) is 1. The molecule has 1 heterocycles. The lowest BCUT2D eigenvalue weighted by molar-refractivity contribution is 0.0526. The predicted molar refractivity (Wildman–Crippen MR) is 43.7 cm³/mol. The van der Waals surface area contributed by atoms with Crippen LogP contribution in [-0.4, -0.2) is 39.5 Å². The third-order valence-electron chi connectivity index (χ3n) is 2.17. The largest absolute Gasteiger partial charge is 0.383 e. The molecular formula is C8H17NO2. The summed E-state index contributed by atoms with van der Waals surface area (Å²) in [4.78, 5) is 0. The summed E-state index contributed by atoms with van der Waals surface area (Å²) in [6, 6.07) is 0. The SMILES string of the molecule is COCC1(COC)CCCN1. The van der Waals surface area contributed by atoms with Gasteiger partial charge in [0, 0.05) is 14.2 Å². The molecule has 3 heteroatoms. The molecule has 66 valence electrons. The van der Waals surface area contributed by atoms with Gasteiger partial charge in [-0.25, -0.2) is 0 Å². The molecule has 1 rings (SSSR count). The molecular weight excluding hydrogens is 142 g/mol. The lowest BCUT2D eigenvalue weighted by Crippen LogP contribution is -2.47. The maximum atomic E-state index is 5.14. The second-order valence-electron chi connectivity index (χ2n) is 3.18. The molecule has 11 heavy (non-hydrogen) atoms. The van der Waals surface area contributed by atoms with E-state index in [2.05, 4.69) is 5.32 Å². The second kappa shape index (κ2) is 4.04. The Morgan fingerprint density at radius 3 is 2.27 bits per heavy atom. The summed E-state index contributed by atoms with van der Waals surface area (Å²) in [6.07, 6.45) is 2.39. The zero-order valence-electron chi connectivity index (χ0n) is 7.35. The molecule has 1 fully saturated rings. The Morgan fingerprint density at radius 2 is 1.91 bits per heavy atom. The van der Waals surface area contributed by atoms with Gasteiger partial charge in [-0.1, -0.05) is 0 Å². The van der Waals surface area contributed by atoms with Crippen LogP contribution in [0, 0.1) is 0 Å². The smallest absolute Gasteiger partial charge is 0.0667 e. The van der Waals surface area contributed by atoms with Crippen LogP contribution in [0.5, 0.6) is 0 Å². The molecule has 0 unspecified atom stereocenters. The van der Waals surface area contributed by atoms with Crippen molar-refractivity contribution in [1.82, 2.24) is 5.32 Å². The van der Waals surface area contributed by atoms with E-state index in [0.29, 0.717) is 0 Å². The fraction of sp³-hybridized carbons (Fsp3) is 1.00. The number of ether oxygens (including phenoxy) is 2. The highest BCUT2D eigenvalue weighted by atomic mass is 16.5. The molecule has 0 aliphatic carbocycles. The van der Waals surface area contributed by atoms with Gasteiger partial charge in [0.1, 0.15) is 0 Å². The highest BCUT2D eigenvalue weighted by Gasteiger charge is 2.33. The monoisotopic (exact) mass is 159 g/mol. The summed E-state index contributed by atoms with van der Waals surface area (Å²) in [6.45, 7) is 2.59. The van der Waals surface area contributed by atoms with E-state index in [1.165, 1.54) is 6.42 Å². The van der Waals surface area contributed by atoms with Crippen molar-refractivity contribution >= 4 is 0 Å². The molecule has 0 spiro atoms. The van der Waals surface area contributed by atoms with E-state index in [9.17, 15) is 0 Å². The van der Waals surface area contributed by atoms with Gasteiger partial charge < -0.3 is 14.8 Å². The molecule has 0 bridgehead atoms. The molecule has 3 nitrogen and oxygen atoms in total. The van der Waals surface area contributed by atoms with Crippen molar-refractivity contribution in [2.24, 2.45) is 0 Å². The summed E-state index contributed by atoms with van der Waals surface area (Å²) in [5.41, 5.74) is 0.101. The van der Waals surface area contributed by atoms with Crippen molar-refractivity contribution < 1.29 is 9.47 Å². The molecule has 1 saturated heterocycles. The van der Waals surface area contributed by atoms with E-state index in [1.54, 1.807) is 14.2 Å². The Hall–Kier alpha value is -0.120. The van der Waals surface area contributed by atoms with Gasteiger partial charge in [0.05, 0.1) is 18.8 Å². The molecule has 0 saturated carbocycles. The first kappa shape index (κ1) is 8.97. The Bertz CT molecular complexity index is 103. The molecule has 0 aromatic carbocycles. The first-order valence-electron chi connectivity index (χ1n) is 4.06. The van der Waals surface area contributed by atoms with Crippen LogP contribution in [0.3, 0.4) is 0 Å². The Kier molecular flexibility index (Phi) is 3.30. The number of hydrogen-bond acceptors (Lipinski definition) is 3. The van der Waals surface area contributed by atoms with Gasteiger partial charge in [0.2, 0.25) is 0 Å². The van der Waals surface area contributed by atoms with Crippen LogP contribution in [0.2, 0.25) is 0 Å². The predicted octanol–water partition coefficient (Wildman–Crippen LogP) is 0.401. The van der Waals surface area contributed by atoms with Crippen LogP contribution in [0.25, 0.3) is 0 Å². The van der Waals surface area contributed by atoms with Crippen LogP contribution in [0.15, 0.2) is 0 Å². The van der Waals surface area contributed by atoms with Gasteiger partial charge >= 0.3 is 0 Å². The van der Waals surface area contributed by atoms with Crippen molar-refractivity contribution in [3.05, 3.63) is 0 Å². The molecule has 0 aromatic rings. The van der Waals surface area contributed by atoms with Gasteiger partial charge in [-0.2, -0.15) is 0 Å². The van der Waals surface area contributed by atoms with E-state index in [1.807, 2.05) is 0 Å². The van der Waals surface area contributed by atoms with Crippen molar-refractivity contribution in [3.63, 3.8) is 0 Å². The van der Waals surface area contributed by atoms with Crippen LogP contribution < -0.4 is 5.32 Å². The first-order valence-corrected chi connectivity index (χ1v) is 4.06. The van der Waals surface area contributed by atoms with Crippen molar-refractivity contribution in [3.8, 4) is 0 Å². The maximum absolute atomic E-state index is 5.14. The second-order valence-corrected chi connectivity index (χ2v) is 3.18. The molecule has 1 aliphatic heterocycles. The molecule has 1 N–H and O–H groups in total. The highest BCUT2D eigenvalue weighted by Crippen LogP contribution is 2.19. The van der Waals surface area contributed by atoms with E-state index < -0.39 is 0 Å². The normalized spacial score (nSPS) is 22.4. The average Bonchev–Trinajstić information content (AvgIpc) is 2.39. The number of methoxy groups -OCH3 is 2. The number of rotatable bonds is 4. The van der Waals surface area contributed by atoms with Crippen molar-refractivity contribution in [1.29, 1.82) is 0 Å². The highest BCUT2D eigenvalue weighted by molar-refractivity contribution is 4.92. The average molecular weight is 159 g/mol. The van der Waals surface area contributed by atoms with Crippen molar-refractivity contribution in [2.75, 3.05) is 34.0 Å². The zero-order chi connectivity index (χ0) is 8.16. The lowest BCUT2D eigenvalue weighted by atomic mass is 10.0.